The fraction of sp³-hybridized carbons (Fsp3) is 0.625. The van der Waals surface area contributed by atoms with Gasteiger partial charge < -0.3 is 10.2 Å². The van der Waals surface area contributed by atoms with Crippen LogP contribution in [0.1, 0.15) is 32.3 Å². The Hall–Kier alpha value is -0.540. The van der Waals surface area contributed by atoms with Crippen LogP contribution in [0.5, 0.6) is 0 Å². The second-order valence-electron chi connectivity index (χ2n) is 5.62. The molecule has 0 saturated carbocycles. The maximum absolute atomic E-state index is 3.71. The van der Waals surface area contributed by atoms with Crippen LogP contribution in [-0.4, -0.2) is 30.6 Å². The SMILES string of the molecule is CCN1CCC(C(C)Nc2cccc(Br)c2C)CC1. The quantitative estimate of drug-likeness (QED) is 0.888. The molecule has 2 rings (SSSR count). The molecule has 1 N–H and O–H groups in total. The van der Waals surface area contributed by atoms with Gasteiger partial charge in [0.25, 0.3) is 0 Å². The Bertz CT molecular complexity index is 411. The average molecular weight is 325 g/mol. The molecule has 2 nitrogen and oxygen atoms in total. The molecule has 0 radical (unpaired) electrons. The molecule has 3 heteroatoms. The van der Waals surface area contributed by atoms with Crippen LogP contribution in [-0.2, 0) is 0 Å². The van der Waals surface area contributed by atoms with Crippen LogP contribution in [0.4, 0.5) is 5.69 Å². The first-order valence-corrected chi connectivity index (χ1v) is 8.15. The summed E-state index contributed by atoms with van der Waals surface area (Å²) in [7, 11) is 0. The molecule has 1 aromatic carbocycles. The molecule has 1 unspecified atom stereocenters. The number of halogens is 1. The number of anilines is 1. The predicted molar refractivity (Wildman–Crippen MR) is 86.8 cm³/mol. The topological polar surface area (TPSA) is 15.3 Å². The number of piperidine rings is 1. The maximum Gasteiger partial charge on any atom is 0.0383 e. The number of rotatable bonds is 4. The number of benzene rings is 1. The van der Waals surface area contributed by atoms with Crippen molar-refractivity contribution >= 4 is 21.6 Å². The van der Waals surface area contributed by atoms with Gasteiger partial charge in [-0.25, -0.2) is 0 Å². The third-order valence-electron chi connectivity index (χ3n) is 4.44. The maximum atomic E-state index is 3.71. The lowest BCUT2D eigenvalue weighted by Crippen LogP contribution is -2.39. The van der Waals surface area contributed by atoms with E-state index in [1.807, 2.05) is 0 Å². The zero-order valence-electron chi connectivity index (χ0n) is 12.2. The molecule has 1 heterocycles. The summed E-state index contributed by atoms with van der Waals surface area (Å²) in [4.78, 5) is 2.55. The Balaban J connectivity index is 1.94. The van der Waals surface area contributed by atoms with E-state index >= 15 is 0 Å². The number of hydrogen-bond donors (Lipinski definition) is 1. The summed E-state index contributed by atoms with van der Waals surface area (Å²) in [6.07, 6.45) is 2.63. The van der Waals surface area contributed by atoms with Gasteiger partial charge in [0.1, 0.15) is 0 Å². The summed E-state index contributed by atoms with van der Waals surface area (Å²) < 4.78 is 1.19. The van der Waals surface area contributed by atoms with Gasteiger partial charge in [-0.15, -0.1) is 0 Å². The molecule has 19 heavy (non-hydrogen) atoms. The minimum absolute atomic E-state index is 0.548. The van der Waals surface area contributed by atoms with Crippen molar-refractivity contribution in [1.82, 2.24) is 4.90 Å². The molecular formula is C16H25BrN2. The summed E-state index contributed by atoms with van der Waals surface area (Å²) in [5.41, 5.74) is 2.57. The minimum atomic E-state index is 0.548. The van der Waals surface area contributed by atoms with Crippen molar-refractivity contribution in [1.29, 1.82) is 0 Å². The van der Waals surface area contributed by atoms with Crippen molar-refractivity contribution in [2.45, 2.75) is 39.7 Å². The van der Waals surface area contributed by atoms with Crippen molar-refractivity contribution in [3.05, 3.63) is 28.2 Å². The van der Waals surface area contributed by atoms with Gasteiger partial charge in [-0.1, -0.05) is 28.9 Å². The Morgan fingerprint density at radius 1 is 1.37 bits per heavy atom. The highest BCUT2D eigenvalue weighted by atomic mass is 79.9. The van der Waals surface area contributed by atoms with Gasteiger partial charge in [-0.05, 0) is 69.9 Å². The second-order valence-corrected chi connectivity index (χ2v) is 6.47. The lowest BCUT2D eigenvalue weighted by molar-refractivity contribution is 0.183. The molecule has 0 spiro atoms. The van der Waals surface area contributed by atoms with E-state index in [1.165, 1.54) is 48.2 Å². The number of nitrogens with zero attached hydrogens (tertiary/aromatic N) is 1. The summed E-state index contributed by atoms with van der Waals surface area (Å²) in [6, 6.07) is 6.93. The van der Waals surface area contributed by atoms with Crippen molar-refractivity contribution in [3.63, 3.8) is 0 Å². The van der Waals surface area contributed by atoms with Gasteiger partial charge in [-0.2, -0.15) is 0 Å². The van der Waals surface area contributed by atoms with Crippen LogP contribution < -0.4 is 5.32 Å². The Kier molecular flexibility index (Phi) is 5.28. The van der Waals surface area contributed by atoms with E-state index in [4.69, 9.17) is 0 Å². The summed E-state index contributed by atoms with van der Waals surface area (Å²) in [5, 5.41) is 3.71. The molecular weight excluding hydrogens is 300 g/mol. The van der Waals surface area contributed by atoms with Gasteiger partial charge in [0.2, 0.25) is 0 Å². The lowest BCUT2D eigenvalue weighted by Gasteiger charge is -2.35. The number of hydrogen-bond acceptors (Lipinski definition) is 2. The van der Waals surface area contributed by atoms with E-state index in [0.29, 0.717) is 6.04 Å². The number of likely N-dealkylation sites (tertiary alicyclic amines) is 1. The van der Waals surface area contributed by atoms with Crippen LogP contribution in [0.2, 0.25) is 0 Å². The number of nitrogens with one attached hydrogen (secondary N) is 1. The van der Waals surface area contributed by atoms with Crippen LogP contribution in [0, 0.1) is 12.8 Å². The predicted octanol–water partition coefficient (Wildman–Crippen LogP) is 4.29. The summed E-state index contributed by atoms with van der Waals surface area (Å²) in [5.74, 6) is 0.793. The normalized spacial score (nSPS) is 19.4. The van der Waals surface area contributed by atoms with E-state index in [1.54, 1.807) is 0 Å². The molecule has 0 aliphatic carbocycles. The molecule has 0 amide bonds. The van der Waals surface area contributed by atoms with Crippen molar-refractivity contribution in [3.8, 4) is 0 Å². The Labute approximate surface area is 125 Å². The van der Waals surface area contributed by atoms with E-state index in [9.17, 15) is 0 Å². The second kappa shape index (κ2) is 6.76. The summed E-state index contributed by atoms with van der Waals surface area (Å²) in [6.45, 7) is 10.5. The fourth-order valence-corrected chi connectivity index (χ4v) is 3.26. The fourth-order valence-electron chi connectivity index (χ4n) is 2.90. The Morgan fingerprint density at radius 2 is 2.05 bits per heavy atom. The average Bonchev–Trinajstić information content (AvgIpc) is 2.44. The van der Waals surface area contributed by atoms with E-state index in [0.717, 1.165) is 5.92 Å². The first-order chi connectivity index (χ1) is 9.11. The largest absolute Gasteiger partial charge is 0.382 e. The van der Waals surface area contributed by atoms with Gasteiger partial charge in [-0.3, -0.25) is 0 Å². The zero-order valence-corrected chi connectivity index (χ0v) is 13.8. The smallest absolute Gasteiger partial charge is 0.0383 e. The van der Waals surface area contributed by atoms with Crippen molar-refractivity contribution in [2.75, 3.05) is 25.0 Å². The molecule has 1 aliphatic rings. The van der Waals surface area contributed by atoms with E-state index in [2.05, 4.69) is 65.1 Å². The van der Waals surface area contributed by atoms with Gasteiger partial charge in [0.15, 0.2) is 0 Å². The van der Waals surface area contributed by atoms with E-state index in [-0.39, 0.29) is 0 Å². The highest BCUT2D eigenvalue weighted by molar-refractivity contribution is 9.10. The molecule has 0 bridgehead atoms. The Morgan fingerprint density at radius 3 is 2.68 bits per heavy atom. The lowest BCUT2D eigenvalue weighted by atomic mass is 9.90. The minimum Gasteiger partial charge on any atom is -0.382 e. The molecule has 1 atom stereocenters. The van der Waals surface area contributed by atoms with Crippen LogP contribution in [0.3, 0.4) is 0 Å². The molecule has 1 fully saturated rings. The molecule has 1 saturated heterocycles. The van der Waals surface area contributed by atoms with Crippen LogP contribution in [0.25, 0.3) is 0 Å². The molecule has 106 valence electrons. The first-order valence-electron chi connectivity index (χ1n) is 7.35. The zero-order chi connectivity index (χ0) is 13.8. The molecule has 1 aliphatic heterocycles. The monoisotopic (exact) mass is 324 g/mol. The van der Waals surface area contributed by atoms with E-state index < -0.39 is 0 Å². The van der Waals surface area contributed by atoms with Crippen LogP contribution >= 0.6 is 15.9 Å². The molecule has 1 aromatic rings. The van der Waals surface area contributed by atoms with Gasteiger partial charge in [0, 0.05) is 16.2 Å². The van der Waals surface area contributed by atoms with Crippen LogP contribution in [0.15, 0.2) is 22.7 Å². The van der Waals surface area contributed by atoms with Crippen molar-refractivity contribution < 1.29 is 0 Å². The third kappa shape index (κ3) is 3.73. The highest BCUT2D eigenvalue weighted by Crippen LogP contribution is 2.27. The first kappa shape index (κ1) is 14.9. The van der Waals surface area contributed by atoms with Gasteiger partial charge >= 0.3 is 0 Å². The standard InChI is InChI=1S/C16H25BrN2/c1-4-19-10-8-14(9-11-19)13(3)18-16-7-5-6-15(17)12(16)2/h5-7,13-14,18H,4,8-11H2,1-3H3. The van der Waals surface area contributed by atoms with Crippen molar-refractivity contribution in [2.24, 2.45) is 5.92 Å². The summed E-state index contributed by atoms with van der Waals surface area (Å²) >= 11 is 3.60. The molecule has 0 aromatic heterocycles. The highest BCUT2D eigenvalue weighted by Gasteiger charge is 2.23. The van der Waals surface area contributed by atoms with Gasteiger partial charge in [0.05, 0.1) is 0 Å². The third-order valence-corrected chi connectivity index (χ3v) is 5.30.